The minimum atomic E-state index is -3.76. The molecule has 0 saturated carbocycles. The van der Waals surface area contributed by atoms with E-state index >= 15 is 0 Å². The van der Waals surface area contributed by atoms with Gasteiger partial charge in [0, 0.05) is 13.0 Å². The van der Waals surface area contributed by atoms with Gasteiger partial charge in [-0.2, -0.15) is 0 Å². The van der Waals surface area contributed by atoms with Crippen LogP contribution >= 0.6 is 11.6 Å². The molecule has 8 heteroatoms. The first kappa shape index (κ1) is 16.0. The van der Waals surface area contributed by atoms with E-state index in [1.54, 1.807) is 12.3 Å². The first-order valence-electron chi connectivity index (χ1n) is 6.38. The van der Waals surface area contributed by atoms with Gasteiger partial charge in [-0.1, -0.05) is 24.6 Å². The Kier molecular flexibility index (Phi) is 5.00. The summed E-state index contributed by atoms with van der Waals surface area (Å²) in [6, 6.07) is 4.65. The number of aryl methyl sites for hydroxylation is 1. The molecule has 2 rings (SSSR count). The SMILES string of the molecule is CCc1cnc(CNS(=O)(=O)c2cc(CN)ccc2Cl)o1. The molecular weight excluding hydrogens is 314 g/mol. The van der Waals surface area contributed by atoms with Crippen molar-refractivity contribution in [1.82, 2.24) is 9.71 Å². The van der Waals surface area contributed by atoms with E-state index in [2.05, 4.69) is 9.71 Å². The number of hydrogen-bond donors (Lipinski definition) is 2. The van der Waals surface area contributed by atoms with E-state index in [0.717, 1.165) is 0 Å². The van der Waals surface area contributed by atoms with E-state index in [1.165, 1.54) is 12.1 Å². The first-order chi connectivity index (χ1) is 9.96. The van der Waals surface area contributed by atoms with Crippen molar-refractivity contribution < 1.29 is 12.8 Å². The fourth-order valence-corrected chi connectivity index (χ4v) is 3.23. The van der Waals surface area contributed by atoms with E-state index in [4.69, 9.17) is 21.8 Å². The molecule has 0 unspecified atom stereocenters. The van der Waals surface area contributed by atoms with Crippen molar-refractivity contribution in [3.05, 3.63) is 46.6 Å². The smallest absolute Gasteiger partial charge is 0.242 e. The zero-order valence-electron chi connectivity index (χ0n) is 11.5. The van der Waals surface area contributed by atoms with E-state index in [-0.39, 0.29) is 23.0 Å². The first-order valence-corrected chi connectivity index (χ1v) is 8.24. The monoisotopic (exact) mass is 329 g/mol. The number of aromatic nitrogens is 1. The molecule has 21 heavy (non-hydrogen) atoms. The van der Waals surface area contributed by atoms with Gasteiger partial charge in [-0.3, -0.25) is 0 Å². The zero-order valence-corrected chi connectivity index (χ0v) is 13.0. The normalized spacial score (nSPS) is 11.8. The molecule has 0 saturated heterocycles. The van der Waals surface area contributed by atoms with Crippen molar-refractivity contribution in [2.24, 2.45) is 5.73 Å². The lowest BCUT2D eigenvalue weighted by atomic mass is 10.2. The molecule has 0 spiro atoms. The summed E-state index contributed by atoms with van der Waals surface area (Å²) in [4.78, 5) is 3.99. The minimum Gasteiger partial charge on any atom is -0.444 e. The number of rotatable bonds is 6. The van der Waals surface area contributed by atoms with Gasteiger partial charge < -0.3 is 10.2 Å². The Labute approximate surface area is 128 Å². The van der Waals surface area contributed by atoms with Crippen molar-refractivity contribution in [1.29, 1.82) is 0 Å². The molecule has 1 aromatic carbocycles. The third-order valence-corrected chi connectivity index (χ3v) is 4.77. The van der Waals surface area contributed by atoms with Gasteiger partial charge in [-0.05, 0) is 17.7 Å². The Hall–Kier alpha value is -1.41. The molecule has 0 aliphatic heterocycles. The Morgan fingerprint density at radius 3 is 2.81 bits per heavy atom. The molecule has 114 valence electrons. The Balaban J connectivity index is 2.18. The second-order valence-electron chi connectivity index (χ2n) is 4.37. The van der Waals surface area contributed by atoms with Crippen LogP contribution in [0.5, 0.6) is 0 Å². The third-order valence-electron chi connectivity index (χ3n) is 2.88. The standard InChI is InChI=1S/C13H16ClN3O3S/c1-2-10-7-16-13(20-10)8-17-21(18,19)12-5-9(6-15)3-4-11(12)14/h3-5,7,17H,2,6,8,15H2,1H3. The van der Waals surface area contributed by atoms with Gasteiger partial charge in [-0.25, -0.2) is 18.1 Å². The summed E-state index contributed by atoms with van der Waals surface area (Å²) in [5.74, 6) is 1.01. The van der Waals surface area contributed by atoms with Crippen molar-refractivity contribution in [3.63, 3.8) is 0 Å². The lowest BCUT2D eigenvalue weighted by Crippen LogP contribution is -2.24. The summed E-state index contributed by atoms with van der Waals surface area (Å²) in [6.07, 6.45) is 2.27. The molecule has 0 amide bonds. The third kappa shape index (κ3) is 3.82. The van der Waals surface area contributed by atoms with Gasteiger partial charge in [-0.15, -0.1) is 0 Å². The maximum absolute atomic E-state index is 12.3. The molecule has 1 aromatic heterocycles. The number of nitrogens with zero attached hydrogens (tertiary/aromatic N) is 1. The number of oxazole rings is 1. The predicted molar refractivity (Wildman–Crippen MR) is 79.2 cm³/mol. The van der Waals surface area contributed by atoms with Gasteiger partial charge in [0.1, 0.15) is 10.7 Å². The Bertz CT molecular complexity index is 728. The molecular formula is C13H16ClN3O3S. The molecule has 0 atom stereocenters. The summed E-state index contributed by atoms with van der Waals surface area (Å²) in [5.41, 5.74) is 6.20. The lowest BCUT2D eigenvalue weighted by molar-refractivity contribution is 0.452. The largest absolute Gasteiger partial charge is 0.444 e. The molecule has 6 nitrogen and oxygen atoms in total. The Morgan fingerprint density at radius 1 is 1.43 bits per heavy atom. The number of hydrogen-bond acceptors (Lipinski definition) is 5. The Morgan fingerprint density at radius 2 is 2.19 bits per heavy atom. The van der Waals surface area contributed by atoms with Crippen LogP contribution in [0.15, 0.2) is 33.7 Å². The predicted octanol–water partition coefficient (Wildman–Crippen LogP) is 1.83. The van der Waals surface area contributed by atoms with Gasteiger partial charge in [0.25, 0.3) is 0 Å². The second-order valence-corrected chi connectivity index (χ2v) is 6.51. The average molecular weight is 330 g/mol. The highest BCUT2D eigenvalue weighted by atomic mass is 35.5. The van der Waals surface area contributed by atoms with Crippen LogP contribution < -0.4 is 10.5 Å². The molecule has 3 N–H and O–H groups in total. The van der Waals surface area contributed by atoms with Crippen molar-refractivity contribution in [2.45, 2.75) is 31.3 Å². The van der Waals surface area contributed by atoms with Crippen LogP contribution in [0.2, 0.25) is 5.02 Å². The summed E-state index contributed by atoms with van der Waals surface area (Å²) >= 11 is 5.95. The summed E-state index contributed by atoms with van der Waals surface area (Å²) in [5, 5.41) is 0.140. The van der Waals surface area contributed by atoms with Crippen LogP contribution in [0.3, 0.4) is 0 Å². The van der Waals surface area contributed by atoms with E-state index in [1.807, 2.05) is 6.92 Å². The maximum atomic E-state index is 12.3. The molecule has 2 aromatic rings. The van der Waals surface area contributed by atoms with Crippen LogP contribution in [0.1, 0.15) is 24.1 Å². The number of nitrogens with two attached hydrogens (primary N) is 1. The van der Waals surface area contributed by atoms with Gasteiger partial charge in [0.05, 0.1) is 17.8 Å². The number of benzene rings is 1. The number of sulfonamides is 1. The highest BCUT2D eigenvalue weighted by Gasteiger charge is 2.19. The van der Waals surface area contributed by atoms with Crippen molar-refractivity contribution >= 4 is 21.6 Å². The molecule has 0 fully saturated rings. The maximum Gasteiger partial charge on any atom is 0.242 e. The topological polar surface area (TPSA) is 98.2 Å². The fourth-order valence-electron chi connectivity index (χ4n) is 1.71. The average Bonchev–Trinajstić information content (AvgIpc) is 2.94. The van der Waals surface area contributed by atoms with E-state index < -0.39 is 10.0 Å². The fraction of sp³-hybridized carbons (Fsp3) is 0.308. The van der Waals surface area contributed by atoms with Gasteiger partial charge in [0.15, 0.2) is 0 Å². The van der Waals surface area contributed by atoms with E-state index in [0.29, 0.717) is 23.6 Å². The van der Waals surface area contributed by atoms with Crippen LogP contribution in [0.25, 0.3) is 0 Å². The van der Waals surface area contributed by atoms with Gasteiger partial charge in [0.2, 0.25) is 15.9 Å². The van der Waals surface area contributed by atoms with E-state index in [9.17, 15) is 8.42 Å². The molecule has 0 bridgehead atoms. The summed E-state index contributed by atoms with van der Waals surface area (Å²) in [6.45, 7) is 2.12. The van der Waals surface area contributed by atoms with Crippen LogP contribution in [0.4, 0.5) is 0 Å². The van der Waals surface area contributed by atoms with Crippen LogP contribution in [-0.2, 0) is 29.5 Å². The second kappa shape index (κ2) is 6.57. The summed E-state index contributed by atoms with van der Waals surface area (Å²) in [7, 11) is -3.76. The highest BCUT2D eigenvalue weighted by molar-refractivity contribution is 7.89. The summed E-state index contributed by atoms with van der Waals surface area (Å²) < 4.78 is 32.3. The molecule has 1 heterocycles. The van der Waals surface area contributed by atoms with Crippen molar-refractivity contribution in [2.75, 3.05) is 0 Å². The van der Waals surface area contributed by atoms with Crippen LogP contribution in [-0.4, -0.2) is 13.4 Å². The lowest BCUT2D eigenvalue weighted by Gasteiger charge is -2.08. The quantitative estimate of drug-likeness (QED) is 0.842. The number of nitrogens with one attached hydrogen (secondary N) is 1. The van der Waals surface area contributed by atoms with Gasteiger partial charge >= 0.3 is 0 Å². The minimum absolute atomic E-state index is 0.00520. The highest BCUT2D eigenvalue weighted by Crippen LogP contribution is 2.22. The van der Waals surface area contributed by atoms with Crippen molar-refractivity contribution in [3.8, 4) is 0 Å². The van der Waals surface area contributed by atoms with Crippen LogP contribution in [0, 0.1) is 0 Å². The zero-order chi connectivity index (χ0) is 15.5. The molecule has 0 aliphatic carbocycles. The number of halogens is 1. The molecule has 0 radical (unpaired) electrons. The molecule has 0 aliphatic rings.